The zero-order chi connectivity index (χ0) is 12.7. The Morgan fingerprint density at radius 1 is 1.06 bits per heavy atom. The fraction of sp³-hybridized carbons (Fsp3) is 0.700. The molecule has 3 N–H and O–H groups in total. The van der Waals surface area contributed by atoms with Crippen molar-refractivity contribution in [1.82, 2.24) is 15.8 Å². The van der Waals surface area contributed by atoms with Crippen molar-refractivity contribution in [1.29, 1.82) is 0 Å². The van der Waals surface area contributed by atoms with Crippen molar-refractivity contribution < 1.29 is 19.5 Å². The van der Waals surface area contributed by atoms with Gasteiger partial charge in [0.25, 0.3) is 0 Å². The van der Waals surface area contributed by atoms with Crippen molar-refractivity contribution in [3.63, 3.8) is 0 Å². The lowest BCUT2D eigenvalue weighted by Crippen LogP contribution is -2.50. The van der Waals surface area contributed by atoms with E-state index in [-0.39, 0.29) is 12.8 Å². The first-order valence-corrected chi connectivity index (χ1v) is 5.65. The third kappa shape index (κ3) is 5.86. The molecule has 0 spiro atoms. The molecule has 3 amide bonds. The van der Waals surface area contributed by atoms with Crippen LogP contribution in [0.3, 0.4) is 0 Å². The largest absolute Gasteiger partial charge is 0.481 e. The van der Waals surface area contributed by atoms with Gasteiger partial charge in [0, 0.05) is 19.5 Å². The minimum atomic E-state index is -1.06. The number of carbonyl (C=O) groups is 3. The Balaban J connectivity index is 2.19. The lowest BCUT2D eigenvalue weighted by atomic mass is 10.2. The van der Waals surface area contributed by atoms with E-state index in [1.165, 1.54) is 0 Å². The number of hydrogen-bond acceptors (Lipinski definition) is 4. The van der Waals surface area contributed by atoms with Gasteiger partial charge in [0.1, 0.15) is 0 Å². The van der Waals surface area contributed by atoms with Crippen LogP contribution in [0.5, 0.6) is 0 Å². The van der Waals surface area contributed by atoms with Crippen molar-refractivity contribution in [2.24, 2.45) is 0 Å². The molecule has 1 rings (SSSR count). The SMILES string of the molecule is O=C(O)CCC(=O)NC(=O)NN1CCCCC1. The molecule has 96 valence electrons. The Kier molecular flexibility index (Phi) is 5.41. The van der Waals surface area contributed by atoms with Crippen molar-refractivity contribution in [2.75, 3.05) is 13.1 Å². The Bertz CT molecular complexity index is 300. The zero-order valence-electron chi connectivity index (χ0n) is 9.57. The summed E-state index contributed by atoms with van der Waals surface area (Å²) in [4.78, 5) is 32.7. The minimum Gasteiger partial charge on any atom is -0.481 e. The summed E-state index contributed by atoms with van der Waals surface area (Å²) in [7, 11) is 0. The van der Waals surface area contributed by atoms with Gasteiger partial charge in [-0.2, -0.15) is 0 Å². The first-order valence-electron chi connectivity index (χ1n) is 5.65. The quantitative estimate of drug-likeness (QED) is 0.649. The van der Waals surface area contributed by atoms with Crippen LogP contribution < -0.4 is 10.7 Å². The molecule has 1 heterocycles. The zero-order valence-corrected chi connectivity index (χ0v) is 9.57. The average molecular weight is 243 g/mol. The maximum absolute atomic E-state index is 11.3. The van der Waals surface area contributed by atoms with E-state index in [4.69, 9.17) is 5.11 Å². The number of hydrogen-bond donors (Lipinski definition) is 3. The second-order valence-electron chi connectivity index (χ2n) is 3.93. The molecule has 7 heteroatoms. The van der Waals surface area contributed by atoms with Crippen LogP contribution >= 0.6 is 0 Å². The molecule has 1 aliphatic rings. The monoisotopic (exact) mass is 243 g/mol. The van der Waals surface area contributed by atoms with Gasteiger partial charge in [-0.3, -0.25) is 20.3 Å². The molecule has 0 unspecified atom stereocenters. The topological polar surface area (TPSA) is 98.7 Å². The van der Waals surface area contributed by atoms with Gasteiger partial charge < -0.3 is 5.11 Å². The molecule has 0 bridgehead atoms. The van der Waals surface area contributed by atoms with Crippen LogP contribution in [0, 0.1) is 0 Å². The number of urea groups is 1. The van der Waals surface area contributed by atoms with Gasteiger partial charge in [-0.15, -0.1) is 0 Å². The number of nitrogens with zero attached hydrogens (tertiary/aromatic N) is 1. The highest BCUT2D eigenvalue weighted by molar-refractivity contribution is 5.95. The van der Waals surface area contributed by atoms with Crippen molar-refractivity contribution in [3.8, 4) is 0 Å². The number of rotatable bonds is 4. The number of imide groups is 1. The van der Waals surface area contributed by atoms with Gasteiger partial charge in [0.2, 0.25) is 5.91 Å². The highest BCUT2D eigenvalue weighted by atomic mass is 16.4. The Morgan fingerprint density at radius 3 is 2.29 bits per heavy atom. The van der Waals surface area contributed by atoms with Gasteiger partial charge in [-0.1, -0.05) is 6.42 Å². The van der Waals surface area contributed by atoms with Crippen molar-refractivity contribution in [3.05, 3.63) is 0 Å². The number of carboxylic acid groups (broad SMARTS) is 1. The molecule has 0 aromatic heterocycles. The molecule has 7 nitrogen and oxygen atoms in total. The van der Waals surface area contributed by atoms with Crippen LogP contribution in [0.1, 0.15) is 32.1 Å². The third-order valence-electron chi connectivity index (χ3n) is 2.43. The third-order valence-corrected chi connectivity index (χ3v) is 2.43. The predicted octanol–water partition coefficient (Wildman–Crippen LogP) is 0.0779. The van der Waals surface area contributed by atoms with Crippen LogP contribution in [0.15, 0.2) is 0 Å². The summed E-state index contributed by atoms with van der Waals surface area (Å²) in [6.07, 6.45) is 2.73. The maximum Gasteiger partial charge on any atom is 0.335 e. The van der Waals surface area contributed by atoms with E-state index >= 15 is 0 Å². The molecule has 1 fully saturated rings. The van der Waals surface area contributed by atoms with Gasteiger partial charge >= 0.3 is 12.0 Å². The van der Waals surface area contributed by atoms with Gasteiger partial charge in [-0.05, 0) is 12.8 Å². The summed E-state index contributed by atoms with van der Waals surface area (Å²) in [5.74, 6) is -1.64. The second-order valence-corrected chi connectivity index (χ2v) is 3.93. The second kappa shape index (κ2) is 6.85. The highest BCUT2D eigenvalue weighted by Crippen LogP contribution is 2.05. The maximum atomic E-state index is 11.3. The molecular weight excluding hydrogens is 226 g/mol. The molecule has 0 atom stereocenters. The Labute approximate surface area is 99.1 Å². The number of piperidine rings is 1. The summed E-state index contributed by atoms with van der Waals surface area (Å²) in [5, 5.41) is 12.2. The molecule has 1 saturated heterocycles. The summed E-state index contributed by atoms with van der Waals surface area (Å²) >= 11 is 0. The number of carboxylic acids is 1. The molecular formula is C10H17N3O4. The Morgan fingerprint density at radius 2 is 1.71 bits per heavy atom. The van der Waals surface area contributed by atoms with E-state index < -0.39 is 17.9 Å². The van der Waals surface area contributed by atoms with Crippen LogP contribution in [0.25, 0.3) is 0 Å². The number of amides is 3. The lowest BCUT2D eigenvalue weighted by molar-refractivity contribution is -0.138. The summed E-state index contributed by atoms with van der Waals surface area (Å²) in [5.41, 5.74) is 2.55. The van der Waals surface area contributed by atoms with Gasteiger partial charge in [0.15, 0.2) is 0 Å². The summed E-state index contributed by atoms with van der Waals surface area (Å²) in [6.45, 7) is 1.55. The van der Waals surface area contributed by atoms with E-state index in [2.05, 4.69) is 10.7 Å². The smallest absolute Gasteiger partial charge is 0.335 e. The number of carbonyl (C=O) groups excluding carboxylic acids is 2. The summed E-state index contributed by atoms with van der Waals surface area (Å²) < 4.78 is 0. The molecule has 0 aromatic carbocycles. The van der Waals surface area contributed by atoms with E-state index in [0.717, 1.165) is 32.4 Å². The van der Waals surface area contributed by atoms with E-state index in [1.54, 1.807) is 5.01 Å². The number of aliphatic carboxylic acids is 1. The first-order chi connectivity index (χ1) is 8.08. The molecule has 0 aliphatic carbocycles. The van der Waals surface area contributed by atoms with Crippen molar-refractivity contribution in [2.45, 2.75) is 32.1 Å². The fourth-order valence-electron chi connectivity index (χ4n) is 1.59. The van der Waals surface area contributed by atoms with Crippen LogP contribution in [-0.4, -0.2) is 41.1 Å². The number of hydrazine groups is 1. The molecule has 0 saturated carbocycles. The molecule has 17 heavy (non-hydrogen) atoms. The van der Waals surface area contributed by atoms with E-state index in [1.807, 2.05) is 0 Å². The van der Waals surface area contributed by atoms with Crippen LogP contribution in [0.4, 0.5) is 4.79 Å². The fourth-order valence-corrected chi connectivity index (χ4v) is 1.59. The molecule has 1 aliphatic heterocycles. The van der Waals surface area contributed by atoms with E-state index in [9.17, 15) is 14.4 Å². The van der Waals surface area contributed by atoms with Crippen molar-refractivity contribution >= 4 is 17.9 Å². The van der Waals surface area contributed by atoms with Gasteiger partial charge in [0.05, 0.1) is 6.42 Å². The standard InChI is InChI=1S/C10H17N3O4/c14-8(4-5-9(15)16)11-10(17)12-13-6-2-1-3-7-13/h1-7H2,(H,15,16)(H2,11,12,14,17). The lowest BCUT2D eigenvalue weighted by Gasteiger charge is -2.26. The average Bonchev–Trinajstić information content (AvgIpc) is 2.27. The molecule has 0 aromatic rings. The predicted molar refractivity (Wildman–Crippen MR) is 59.0 cm³/mol. The normalized spacial score (nSPS) is 16.2. The minimum absolute atomic E-state index is 0.192. The van der Waals surface area contributed by atoms with Gasteiger partial charge in [-0.25, -0.2) is 9.80 Å². The number of nitrogens with one attached hydrogen (secondary N) is 2. The molecule has 0 radical (unpaired) electrons. The first kappa shape index (κ1) is 13.4. The van der Waals surface area contributed by atoms with Crippen LogP contribution in [-0.2, 0) is 9.59 Å². The Hall–Kier alpha value is -1.63. The van der Waals surface area contributed by atoms with E-state index in [0.29, 0.717) is 0 Å². The summed E-state index contributed by atoms with van der Waals surface area (Å²) in [6, 6.07) is -0.595. The highest BCUT2D eigenvalue weighted by Gasteiger charge is 2.14. The van der Waals surface area contributed by atoms with Crippen LogP contribution in [0.2, 0.25) is 0 Å².